The molecule has 0 spiro atoms. The average molecular weight is 396 g/mol. The van der Waals surface area contributed by atoms with E-state index in [1.165, 1.54) is 11.8 Å². The van der Waals surface area contributed by atoms with Gasteiger partial charge in [0.15, 0.2) is 6.79 Å². The van der Waals surface area contributed by atoms with Crippen molar-refractivity contribution in [3.63, 3.8) is 0 Å². The van der Waals surface area contributed by atoms with Crippen molar-refractivity contribution >= 4 is 21.9 Å². The number of H-pyrrole nitrogens is 1. The van der Waals surface area contributed by atoms with Gasteiger partial charge in [0, 0.05) is 12.7 Å². The lowest BCUT2D eigenvalue weighted by atomic mass is 10.1. The van der Waals surface area contributed by atoms with Gasteiger partial charge in [0.1, 0.15) is 17.0 Å². The number of ether oxygens (including phenoxy) is 3. The van der Waals surface area contributed by atoms with Crippen LogP contribution in [0.1, 0.15) is 0 Å². The van der Waals surface area contributed by atoms with E-state index in [2.05, 4.69) is 10.1 Å². The Morgan fingerprint density at radius 1 is 1.14 bits per heavy atom. The average Bonchev–Trinajstić information content (AvgIpc) is 3.07. The second-order valence-corrected chi connectivity index (χ2v) is 6.28. The van der Waals surface area contributed by atoms with Gasteiger partial charge in [-0.1, -0.05) is 18.2 Å². The summed E-state index contributed by atoms with van der Waals surface area (Å²) in [5.41, 5.74) is 2.66. The van der Waals surface area contributed by atoms with Crippen molar-refractivity contribution in [3.05, 3.63) is 46.8 Å². The topological polar surface area (TPSA) is 111 Å². The molecule has 0 aliphatic carbocycles. The Hall–Kier alpha value is -3.43. The number of aliphatic hydroxyl groups is 1. The van der Waals surface area contributed by atoms with E-state index in [0.29, 0.717) is 44.8 Å². The molecule has 0 radical (unpaired) electrons. The Morgan fingerprint density at radius 3 is 2.72 bits per heavy atom. The first-order chi connectivity index (χ1) is 14.2. The second kappa shape index (κ2) is 7.90. The highest BCUT2D eigenvalue weighted by Gasteiger charge is 2.19. The molecule has 29 heavy (non-hydrogen) atoms. The zero-order valence-corrected chi connectivity index (χ0v) is 16.0. The lowest BCUT2D eigenvalue weighted by Crippen LogP contribution is -2.18. The molecule has 9 heteroatoms. The highest BCUT2D eigenvalue weighted by atomic mass is 16.7. The number of hydrogen-bond donors (Lipinski definition) is 2. The Labute approximate surface area is 165 Å². The molecule has 0 saturated carbocycles. The molecule has 9 nitrogen and oxygen atoms in total. The van der Waals surface area contributed by atoms with E-state index in [0.717, 1.165) is 0 Å². The van der Waals surface area contributed by atoms with Gasteiger partial charge in [-0.25, -0.2) is 14.6 Å². The summed E-state index contributed by atoms with van der Waals surface area (Å²) in [6, 6.07) is 10.7. The molecule has 2 heterocycles. The molecule has 150 valence electrons. The first-order valence-corrected chi connectivity index (χ1v) is 8.97. The molecule has 0 unspecified atom stereocenters. The van der Waals surface area contributed by atoms with Crippen LogP contribution in [0.4, 0.5) is 0 Å². The number of aliphatic hydroxyl groups excluding tert-OH is 1. The van der Waals surface area contributed by atoms with Crippen LogP contribution < -0.4 is 15.0 Å². The molecule has 2 aromatic heterocycles. The lowest BCUT2D eigenvalue weighted by molar-refractivity contribution is 0.0521. The molecule has 4 aromatic rings. The normalized spacial score (nSPS) is 11.3. The minimum atomic E-state index is -0.215. The predicted molar refractivity (Wildman–Crippen MR) is 107 cm³/mol. The first kappa shape index (κ1) is 18.9. The smallest absolute Gasteiger partial charge is 0.274 e. The molecule has 2 N–H and O–H groups in total. The Bertz CT molecular complexity index is 1230. The number of fused-ring (bicyclic) bond motifs is 2. The minimum absolute atomic E-state index is 0.0784. The van der Waals surface area contributed by atoms with Gasteiger partial charge in [-0.15, -0.1) is 0 Å². The van der Waals surface area contributed by atoms with Crippen LogP contribution in [0.5, 0.6) is 11.6 Å². The van der Waals surface area contributed by atoms with Crippen LogP contribution in [0.3, 0.4) is 0 Å². The van der Waals surface area contributed by atoms with E-state index in [1.54, 1.807) is 25.3 Å². The SMILES string of the molecule is COCOc1cccc2nc(OC)c(-c3cccc4c(=O)n(CCO)[nH]c34)nc12. The van der Waals surface area contributed by atoms with Crippen molar-refractivity contribution < 1.29 is 19.3 Å². The standard InChI is InChI=1S/C20H20N4O5/c1-27-11-29-15-8-4-7-14-18(15)22-17(19(21-14)28-2)12-5-3-6-13-16(12)23-24(9-10-25)20(13)26/h3-8,23,25H,9-11H2,1-2H3. The highest BCUT2D eigenvalue weighted by Crippen LogP contribution is 2.34. The van der Waals surface area contributed by atoms with E-state index in [1.807, 2.05) is 18.2 Å². The number of aromatic nitrogens is 4. The summed E-state index contributed by atoms with van der Waals surface area (Å²) in [6.07, 6.45) is 0. The zero-order valence-electron chi connectivity index (χ0n) is 16.0. The fourth-order valence-corrected chi connectivity index (χ4v) is 3.23. The minimum Gasteiger partial charge on any atom is -0.479 e. The lowest BCUT2D eigenvalue weighted by Gasteiger charge is -2.12. The molecular weight excluding hydrogens is 376 g/mol. The van der Waals surface area contributed by atoms with Gasteiger partial charge >= 0.3 is 0 Å². The first-order valence-electron chi connectivity index (χ1n) is 8.97. The number of rotatable bonds is 7. The predicted octanol–water partition coefficient (Wildman–Crippen LogP) is 1.92. The third kappa shape index (κ3) is 3.30. The van der Waals surface area contributed by atoms with E-state index in [4.69, 9.17) is 19.2 Å². The largest absolute Gasteiger partial charge is 0.479 e. The van der Waals surface area contributed by atoms with Crippen LogP contribution in [0.25, 0.3) is 33.2 Å². The Morgan fingerprint density at radius 2 is 1.97 bits per heavy atom. The van der Waals surface area contributed by atoms with Gasteiger partial charge in [-0.3, -0.25) is 9.89 Å². The maximum atomic E-state index is 12.6. The quantitative estimate of drug-likeness (QED) is 0.459. The molecule has 0 aliphatic rings. The number of para-hydroxylation sites is 2. The van der Waals surface area contributed by atoms with Crippen molar-refractivity contribution in [1.29, 1.82) is 0 Å². The monoisotopic (exact) mass is 396 g/mol. The van der Waals surface area contributed by atoms with Crippen molar-refractivity contribution in [2.24, 2.45) is 0 Å². The molecule has 0 fully saturated rings. The molecule has 0 atom stereocenters. The van der Waals surface area contributed by atoms with Crippen molar-refractivity contribution in [1.82, 2.24) is 19.7 Å². The number of nitrogens with zero attached hydrogens (tertiary/aromatic N) is 3. The van der Waals surface area contributed by atoms with Crippen LogP contribution in [-0.4, -0.2) is 52.5 Å². The summed E-state index contributed by atoms with van der Waals surface area (Å²) < 4.78 is 17.5. The zero-order chi connectivity index (χ0) is 20.4. The number of aromatic amines is 1. The van der Waals surface area contributed by atoms with Gasteiger partial charge in [-0.2, -0.15) is 0 Å². The van der Waals surface area contributed by atoms with Crippen molar-refractivity contribution in [2.75, 3.05) is 27.6 Å². The molecule has 0 saturated heterocycles. The summed E-state index contributed by atoms with van der Waals surface area (Å²) in [5.74, 6) is 0.851. The maximum absolute atomic E-state index is 12.6. The van der Waals surface area contributed by atoms with Gasteiger partial charge in [0.25, 0.3) is 5.56 Å². The van der Waals surface area contributed by atoms with E-state index in [-0.39, 0.29) is 25.5 Å². The summed E-state index contributed by atoms with van der Waals surface area (Å²) in [6.45, 7) is 0.0962. The van der Waals surface area contributed by atoms with Crippen LogP contribution in [-0.2, 0) is 11.3 Å². The van der Waals surface area contributed by atoms with Crippen LogP contribution in [0.15, 0.2) is 41.2 Å². The van der Waals surface area contributed by atoms with E-state index in [9.17, 15) is 9.90 Å². The summed E-state index contributed by atoms with van der Waals surface area (Å²) in [7, 11) is 3.06. The summed E-state index contributed by atoms with van der Waals surface area (Å²) in [4.78, 5) is 21.9. The summed E-state index contributed by atoms with van der Waals surface area (Å²) >= 11 is 0. The summed E-state index contributed by atoms with van der Waals surface area (Å²) in [5, 5.41) is 12.8. The number of hydrogen-bond acceptors (Lipinski definition) is 7. The van der Waals surface area contributed by atoms with Gasteiger partial charge in [0.05, 0.1) is 36.7 Å². The van der Waals surface area contributed by atoms with Crippen molar-refractivity contribution in [3.8, 4) is 22.9 Å². The fourth-order valence-electron chi connectivity index (χ4n) is 3.23. The van der Waals surface area contributed by atoms with Gasteiger partial charge in [0.2, 0.25) is 5.88 Å². The Balaban J connectivity index is 1.97. The van der Waals surface area contributed by atoms with Crippen LogP contribution in [0, 0.1) is 0 Å². The molecule has 4 rings (SSSR count). The molecule has 2 aromatic carbocycles. The van der Waals surface area contributed by atoms with Gasteiger partial charge < -0.3 is 19.3 Å². The van der Waals surface area contributed by atoms with Crippen LogP contribution in [0.2, 0.25) is 0 Å². The molecule has 0 amide bonds. The number of benzene rings is 2. The second-order valence-electron chi connectivity index (χ2n) is 6.28. The third-order valence-electron chi connectivity index (χ3n) is 4.52. The van der Waals surface area contributed by atoms with Crippen molar-refractivity contribution in [2.45, 2.75) is 6.54 Å². The number of nitrogens with one attached hydrogen (secondary N) is 1. The van der Waals surface area contributed by atoms with Crippen LogP contribution >= 0.6 is 0 Å². The molecule has 0 bridgehead atoms. The van der Waals surface area contributed by atoms with E-state index < -0.39 is 0 Å². The maximum Gasteiger partial charge on any atom is 0.274 e. The highest BCUT2D eigenvalue weighted by molar-refractivity contribution is 5.95. The molecular formula is C20H20N4O5. The van der Waals surface area contributed by atoms with Gasteiger partial charge in [-0.05, 0) is 18.2 Å². The van der Waals surface area contributed by atoms with E-state index >= 15 is 0 Å². The molecule has 0 aliphatic heterocycles. The third-order valence-corrected chi connectivity index (χ3v) is 4.52. The Kier molecular flexibility index (Phi) is 5.15. The number of methoxy groups -OCH3 is 2. The fraction of sp³-hybridized carbons (Fsp3) is 0.250.